The second kappa shape index (κ2) is 6.69. The molecule has 0 bridgehead atoms. The fraction of sp³-hybridized carbons (Fsp3) is 0.133. The number of anilines is 1. The minimum atomic E-state index is -0.172. The molecule has 0 atom stereocenters. The van der Waals surface area contributed by atoms with E-state index >= 15 is 0 Å². The lowest BCUT2D eigenvalue weighted by molar-refractivity contribution is 0.0785. The second-order valence-electron chi connectivity index (χ2n) is 4.61. The lowest BCUT2D eigenvalue weighted by Gasteiger charge is -2.19. The van der Waals surface area contributed by atoms with Gasteiger partial charge in [-0.05, 0) is 23.8 Å². The number of benzene rings is 2. The van der Waals surface area contributed by atoms with Gasteiger partial charge in [0.05, 0.1) is 15.7 Å². The molecule has 0 heterocycles. The molecule has 0 radical (unpaired) electrons. The van der Waals surface area contributed by atoms with Crippen LogP contribution in [0.15, 0.2) is 40.9 Å². The quantitative estimate of drug-likeness (QED) is 0.781. The van der Waals surface area contributed by atoms with Gasteiger partial charge in [0, 0.05) is 23.6 Å². The first-order valence-corrected chi connectivity index (χ1v) is 7.68. The summed E-state index contributed by atoms with van der Waals surface area (Å²) in [5, 5.41) is 0.556. The molecule has 1 amide bonds. The Bertz CT molecular complexity index is 668. The topological polar surface area (TPSA) is 46.3 Å². The van der Waals surface area contributed by atoms with Gasteiger partial charge in [-0.15, -0.1) is 0 Å². The molecule has 0 spiro atoms. The molecule has 2 aromatic carbocycles. The minimum absolute atomic E-state index is 0.172. The molecular weight excluding hydrogens is 375 g/mol. The Morgan fingerprint density at radius 1 is 1.24 bits per heavy atom. The SMILES string of the molecule is CN(Cc1ccccc1Br)C(=O)c1cc(Cl)c(N)c(Cl)c1. The van der Waals surface area contributed by atoms with Gasteiger partial charge in [-0.3, -0.25) is 4.79 Å². The number of carbonyl (C=O) groups is 1. The van der Waals surface area contributed by atoms with Crippen molar-refractivity contribution in [2.75, 3.05) is 12.8 Å². The molecule has 0 aliphatic heterocycles. The molecule has 0 unspecified atom stereocenters. The van der Waals surface area contributed by atoms with Crippen molar-refractivity contribution in [1.82, 2.24) is 4.90 Å². The number of amides is 1. The predicted molar refractivity (Wildman–Crippen MR) is 90.8 cm³/mol. The zero-order chi connectivity index (χ0) is 15.6. The molecular formula is C15H13BrCl2N2O. The lowest BCUT2D eigenvalue weighted by atomic mass is 10.1. The Balaban J connectivity index is 2.22. The van der Waals surface area contributed by atoms with Crippen molar-refractivity contribution in [2.45, 2.75) is 6.54 Å². The largest absolute Gasteiger partial charge is 0.396 e. The Labute approximate surface area is 141 Å². The van der Waals surface area contributed by atoms with E-state index in [0.717, 1.165) is 10.0 Å². The fourth-order valence-corrected chi connectivity index (χ4v) is 2.78. The normalized spacial score (nSPS) is 10.5. The van der Waals surface area contributed by atoms with Gasteiger partial charge >= 0.3 is 0 Å². The van der Waals surface area contributed by atoms with E-state index in [2.05, 4.69) is 15.9 Å². The first-order chi connectivity index (χ1) is 9.90. The highest BCUT2D eigenvalue weighted by Crippen LogP contribution is 2.29. The number of halogens is 3. The zero-order valence-corrected chi connectivity index (χ0v) is 14.3. The van der Waals surface area contributed by atoms with Crippen LogP contribution in [0.3, 0.4) is 0 Å². The standard InChI is InChI=1S/C15H13BrCl2N2O/c1-20(8-9-4-2-3-5-11(9)16)15(21)10-6-12(17)14(19)13(18)7-10/h2-7H,8,19H2,1H3. The number of carbonyl (C=O) groups excluding carboxylic acids is 1. The molecule has 21 heavy (non-hydrogen) atoms. The van der Waals surface area contributed by atoms with Crippen LogP contribution >= 0.6 is 39.1 Å². The molecule has 6 heteroatoms. The van der Waals surface area contributed by atoms with Crippen molar-refractivity contribution in [3.05, 3.63) is 62.0 Å². The highest BCUT2D eigenvalue weighted by molar-refractivity contribution is 9.10. The summed E-state index contributed by atoms with van der Waals surface area (Å²) in [7, 11) is 1.72. The molecule has 2 aromatic rings. The maximum absolute atomic E-state index is 12.4. The maximum Gasteiger partial charge on any atom is 0.254 e. The molecule has 0 aliphatic carbocycles. The molecule has 110 valence electrons. The smallest absolute Gasteiger partial charge is 0.254 e. The average molecular weight is 388 g/mol. The van der Waals surface area contributed by atoms with Crippen molar-refractivity contribution in [1.29, 1.82) is 0 Å². The minimum Gasteiger partial charge on any atom is -0.396 e. The highest BCUT2D eigenvalue weighted by Gasteiger charge is 2.16. The van der Waals surface area contributed by atoms with E-state index in [4.69, 9.17) is 28.9 Å². The molecule has 0 saturated carbocycles. The third-order valence-electron chi connectivity index (χ3n) is 3.04. The summed E-state index contributed by atoms with van der Waals surface area (Å²) < 4.78 is 0.957. The van der Waals surface area contributed by atoms with Crippen LogP contribution in [-0.4, -0.2) is 17.9 Å². The first kappa shape index (κ1) is 16.1. The fourth-order valence-electron chi connectivity index (χ4n) is 1.88. The molecule has 0 aromatic heterocycles. The van der Waals surface area contributed by atoms with E-state index in [1.54, 1.807) is 11.9 Å². The molecule has 2 rings (SSSR count). The van der Waals surface area contributed by atoms with Crippen molar-refractivity contribution >= 4 is 50.7 Å². The van der Waals surface area contributed by atoms with Crippen LogP contribution in [0.2, 0.25) is 10.0 Å². The molecule has 3 nitrogen and oxygen atoms in total. The van der Waals surface area contributed by atoms with Gasteiger partial charge < -0.3 is 10.6 Å². The number of nitrogen functional groups attached to an aromatic ring is 1. The average Bonchev–Trinajstić information content (AvgIpc) is 2.45. The van der Waals surface area contributed by atoms with Crippen LogP contribution in [0.4, 0.5) is 5.69 Å². The van der Waals surface area contributed by atoms with Crippen molar-refractivity contribution in [3.63, 3.8) is 0 Å². The van der Waals surface area contributed by atoms with E-state index < -0.39 is 0 Å². The van der Waals surface area contributed by atoms with Crippen LogP contribution in [0.25, 0.3) is 0 Å². The zero-order valence-electron chi connectivity index (χ0n) is 11.2. The van der Waals surface area contributed by atoms with E-state index in [-0.39, 0.29) is 21.6 Å². The Morgan fingerprint density at radius 2 is 1.81 bits per heavy atom. The van der Waals surface area contributed by atoms with Gasteiger partial charge in [-0.1, -0.05) is 57.3 Å². The number of nitrogens with two attached hydrogens (primary N) is 1. The van der Waals surface area contributed by atoms with Gasteiger partial charge in [0.25, 0.3) is 5.91 Å². The summed E-state index contributed by atoms with van der Waals surface area (Å²) in [6.45, 7) is 0.472. The maximum atomic E-state index is 12.4. The van der Waals surface area contributed by atoms with Crippen molar-refractivity contribution in [3.8, 4) is 0 Å². The van der Waals surface area contributed by atoms with Gasteiger partial charge in [0.1, 0.15) is 0 Å². The monoisotopic (exact) mass is 386 g/mol. The lowest BCUT2D eigenvalue weighted by Crippen LogP contribution is -2.26. The van der Waals surface area contributed by atoms with Crippen LogP contribution < -0.4 is 5.73 Å². The summed E-state index contributed by atoms with van der Waals surface area (Å²) >= 11 is 15.4. The van der Waals surface area contributed by atoms with E-state index in [1.807, 2.05) is 24.3 Å². The number of nitrogens with zero attached hydrogens (tertiary/aromatic N) is 1. The Kier molecular flexibility index (Phi) is 5.14. The van der Waals surface area contributed by atoms with Crippen molar-refractivity contribution in [2.24, 2.45) is 0 Å². The van der Waals surface area contributed by atoms with Gasteiger partial charge in [0.15, 0.2) is 0 Å². The molecule has 2 N–H and O–H groups in total. The number of rotatable bonds is 3. The van der Waals surface area contributed by atoms with Crippen LogP contribution in [0, 0.1) is 0 Å². The Morgan fingerprint density at radius 3 is 2.38 bits per heavy atom. The summed E-state index contributed by atoms with van der Waals surface area (Å²) in [6.07, 6.45) is 0. The molecule has 0 fully saturated rings. The third-order valence-corrected chi connectivity index (χ3v) is 4.44. The summed E-state index contributed by atoms with van der Waals surface area (Å²) in [5.41, 5.74) is 7.38. The summed E-state index contributed by atoms with van der Waals surface area (Å²) in [6, 6.07) is 10.8. The number of hydrogen-bond donors (Lipinski definition) is 1. The molecule has 0 aliphatic rings. The van der Waals surface area contributed by atoms with Crippen LogP contribution in [0.5, 0.6) is 0 Å². The van der Waals surface area contributed by atoms with Gasteiger partial charge in [0.2, 0.25) is 0 Å². The third kappa shape index (κ3) is 3.70. The van der Waals surface area contributed by atoms with Gasteiger partial charge in [-0.25, -0.2) is 0 Å². The Hall–Kier alpha value is -1.23. The van der Waals surface area contributed by atoms with E-state index in [0.29, 0.717) is 12.1 Å². The van der Waals surface area contributed by atoms with Crippen molar-refractivity contribution < 1.29 is 4.79 Å². The summed E-state index contributed by atoms with van der Waals surface area (Å²) in [5.74, 6) is -0.172. The molecule has 0 saturated heterocycles. The predicted octanol–water partition coefficient (Wildman–Crippen LogP) is 4.61. The summed E-state index contributed by atoms with van der Waals surface area (Å²) in [4.78, 5) is 14.0. The highest BCUT2D eigenvalue weighted by atomic mass is 79.9. The van der Waals surface area contributed by atoms with Crippen LogP contribution in [0.1, 0.15) is 15.9 Å². The van der Waals surface area contributed by atoms with Gasteiger partial charge in [-0.2, -0.15) is 0 Å². The number of hydrogen-bond acceptors (Lipinski definition) is 2. The van der Waals surface area contributed by atoms with E-state index in [1.165, 1.54) is 12.1 Å². The second-order valence-corrected chi connectivity index (χ2v) is 6.27. The van der Waals surface area contributed by atoms with E-state index in [9.17, 15) is 4.79 Å². The first-order valence-electron chi connectivity index (χ1n) is 6.13. The van der Waals surface area contributed by atoms with Crippen LogP contribution in [-0.2, 0) is 6.54 Å².